The van der Waals surface area contributed by atoms with E-state index in [4.69, 9.17) is 4.74 Å². The van der Waals surface area contributed by atoms with Crippen LogP contribution in [0.3, 0.4) is 0 Å². The summed E-state index contributed by atoms with van der Waals surface area (Å²) in [5.74, 6) is -1.38. The number of nitrogens with zero attached hydrogens (tertiary/aromatic N) is 3. The number of amides is 2. The number of aliphatic carboxylic acids is 1. The summed E-state index contributed by atoms with van der Waals surface area (Å²) in [6.07, 6.45) is 0. The fourth-order valence-electron chi connectivity index (χ4n) is 5.40. The largest absolute Gasteiger partial charge is 0.481 e. The molecular weight excluding hydrogens is 518 g/mol. The number of anilines is 1. The molecule has 4 aromatic carbocycles. The van der Waals surface area contributed by atoms with Crippen LogP contribution in [0.25, 0.3) is 11.1 Å². The molecule has 202 valence electrons. The highest BCUT2D eigenvalue weighted by atomic mass is 16.5. The molecule has 0 unspecified atom stereocenters. The monoisotopic (exact) mass is 543 g/mol. The lowest BCUT2D eigenvalue weighted by atomic mass is 9.98. The number of hydrogen-bond acceptors (Lipinski definition) is 6. The molecular formula is C33H25N3O5. The van der Waals surface area contributed by atoms with Crippen LogP contribution in [0.1, 0.15) is 37.4 Å². The van der Waals surface area contributed by atoms with Crippen LogP contribution >= 0.6 is 0 Å². The second kappa shape index (κ2) is 10.4. The predicted molar refractivity (Wildman–Crippen MR) is 152 cm³/mol. The maximum Gasteiger partial charge on any atom is 0.309 e. The van der Waals surface area contributed by atoms with E-state index < -0.39 is 23.7 Å². The number of imide groups is 1. The molecule has 1 fully saturated rings. The minimum atomic E-state index is -0.843. The smallest absolute Gasteiger partial charge is 0.309 e. The van der Waals surface area contributed by atoms with Gasteiger partial charge in [-0.1, -0.05) is 48.5 Å². The fraction of sp³-hybridized carbons (Fsp3) is 0.152. The third-order valence-electron chi connectivity index (χ3n) is 7.59. The van der Waals surface area contributed by atoms with Gasteiger partial charge in [0.1, 0.15) is 11.5 Å². The van der Waals surface area contributed by atoms with Crippen LogP contribution in [0.2, 0.25) is 0 Å². The Hall–Kier alpha value is -5.26. The van der Waals surface area contributed by atoms with Gasteiger partial charge in [-0.2, -0.15) is 5.26 Å². The summed E-state index contributed by atoms with van der Waals surface area (Å²) in [5, 5.41) is 18.6. The number of benzene rings is 4. The number of rotatable bonds is 7. The highest BCUT2D eigenvalue weighted by molar-refractivity contribution is 6.35. The summed E-state index contributed by atoms with van der Waals surface area (Å²) >= 11 is 0. The highest BCUT2D eigenvalue weighted by Crippen LogP contribution is 2.39. The first-order chi connectivity index (χ1) is 19.8. The average Bonchev–Trinajstić information content (AvgIpc) is 3.19. The van der Waals surface area contributed by atoms with Gasteiger partial charge in [-0.05, 0) is 60.0 Å². The minimum Gasteiger partial charge on any atom is -0.481 e. The third-order valence-corrected chi connectivity index (χ3v) is 7.59. The lowest BCUT2D eigenvalue weighted by Crippen LogP contribution is -2.49. The van der Waals surface area contributed by atoms with Gasteiger partial charge in [-0.3, -0.25) is 19.3 Å². The summed E-state index contributed by atoms with van der Waals surface area (Å²) in [4.78, 5) is 42.0. The number of carbonyl (C=O) groups excluding carboxylic acids is 2. The summed E-state index contributed by atoms with van der Waals surface area (Å²) < 4.78 is 6.17. The van der Waals surface area contributed by atoms with Crippen LogP contribution in [0.4, 0.5) is 5.69 Å². The van der Waals surface area contributed by atoms with Crippen LogP contribution < -0.4 is 9.64 Å². The SMILES string of the molecule is Cc1c(-c2ccccc2)cccc1N1C(=O)c2cc(CN3CC(C(=O)O)C3)c(Oc3cccc(C#N)c3)cc2C1=O. The Morgan fingerprint density at radius 3 is 2.34 bits per heavy atom. The van der Waals surface area contributed by atoms with Crippen LogP contribution in [0, 0.1) is 24.2 Å². The second-order valence-electron chi connectivity index (χ2n) is 10.2. The van der Waals surface area contributed by atoms with Crippen molar-refractivity contribution >= 4 is 23.5 Å². The first-order valence-corrected chi connectivity index (χ1v) is 13.2. The van der Waals surface area contributed by atoms with Gasteiger partial charge in [0.2, 0.25) is 0 Å². The van der Waals surface area contributed by atoms with Gasteiger partial charge in [0.15, 0.2) is 0 Å². The van der Waals surface area contributed by atoms with Gasteiger partial charge in [-0.15, -0.1) is 0 Å². The Morgan fingerprint density at radius 2 is 1.63 bits per heavy atom. The Labute approximate surface area is 236 Å². The zero-order valence-electron chi connectivity index (χ0n) is 22.2. The Bertz CT molecular complexity index is 1750. The third kappa shape index (κ3) is 4.73. The van der Waals surface area contributed by atoms with Crippen molar-refractivity contribution < 1.29 is 24.2 Å². The van der Waals surface area contributed by atoms with E-state index in [1.165, 1.54) is 4.90 Å². The zero-order valence-corrected chi connectivity index (χ0v) is 22.2. The van der Waals surface area contributed by atoms with Crippen LogP contribution in [-0.4, -0.2) is 40.9 Å². The summed E-state index contributed by atoms with van der Waals surface area (Å²) in [6, 6.07) is 27.3. The van der Waals surface area contributed by atoms with Gasteiger partial charge >= 0.3 is 5.97 Å². The molecule has 2 aliphatic rings. The highest BCUT2D eigenvalue weighted by Gasteiger charge is 2.40. The zero-order chi connectivity index (χ0) is 28.7. The summed E-state index contributed by atoms with van der Waals surface area (Å²) in [5.41, 5.74) is 4.78. The number of likely N-dealkylation sites (tertiary alicyclic amines) is 1. The van der Waals surface area contributed by atoms with Gasteiger partial charge in [-0.25, -0.2) is 4.90 Å². The molecule has 2 amide bonds. The van der Waals surface area contributed by atoms with E-state index >= 15 is 0 Å². The molecule has 0 spiro atoms. The Morgan fingerprint density at radius 1 is 0.927 bits per heavy atom. The van der Waals surface area contributed by atoms with E-state index in [0.29, 0.717) is 47.9 Å². The quantitative estimate of drug-likeness (QED) is 0.300. The number of nitriles is 1. The molecule has 0 saturated carbocycles. The van der Waals surface area contributed by atoms with E-state index in [2.05, 4.69) is 6.07 Å². The molecule has 0 atom stereocenters. The Kier molecular flexibility index (Phi) is 6.58. The predicted octanol–water partition coefficient (Wildman–Crippen LogP) is 5.64. The van der Waals surface area contributed by atoms with E-state index in [1.807, 2.05) is 54.3 Å². The molecule has 8 heteroatoms. The minimum absolute atomic E-state index is 0.224. The van der Waals surface area contributed by atoms with Crippen molar-refractivity contribution in [3.05, 3.63) is 113 Å². The summed E-state index contributed by atoms with van der Waals surface area (Å²) in [6.45, 7) is 2.99. The van der Waals surface area contributed by atoms with Gasteiger partial charge in [0, 0.05) is 25.2 Å². The topological polar surface area (TPSA) is 111 Å². The number of carboxylic acids is 1. The molecule has 0 bridgehead atoms. The van der Waals surface area contributed by atoms with Crippen molar-refractivity contribution in [2.45, 2.75) is 13.5 Å². The average molecular weight is 544 g/mol. The first-order valence-electron chi connectivity index (χ1n) is 13.2. The molecule has 6 rings (SSSR count). The molecule has 0 aliphatic carbocycles. The van der Waals surface area contributed by atoms with Gasteiger partial charge in [0.05, 0.1) is 34.4 Å². The summed E-state index contributed by atoms with van der Waals surface area (Å²) in [7, 11) is 0. The molecule has 1 N–H and O–H groups in total. The van der Waals surface area contributed by atoms with Crippen LogP contribution in [0.15, 0.2) is 84.9 Å². The first kappa shape index (κ1) is 26.0. The van der Waals surface area contributed by atoms with Gasteiger partial charge < -0.3 is 9.84 Å². The molecule has 41 heavy (non-hydrogen) atoms. The lowest BCUT2D eigenvalue weighted by molar-refractivity contribution is -0.147. The van der Waals surface area contributed by atoms with Gasteiger partial charge in [0.25, 0.3) is 11.8 Å². The second-order valence-corrected chi connectivity index (χ2v) is 10.2. The standard InChI is InChI=1S/C33H25N3O5/c1-20-26(22-8-3-2-4-9-22)11-6-12-29(20)36-31(37)27-14-23(17-35-18-24(19-35)33(39)40)30(15-28(27)32(36)38)41-25-10-5-7-21(13-25)16-34/h2-15,24H,17-19H2,1H3,(H,39,40). The van der Waals surface area contributed by atoms with Crippen molar-refractivity contribution in [3.8, 4) is 28.7 Å². The van der Waals surface area contributed by atoms with Crippen molar-refractivity contribution in [1.82, 2.24) is 4.90 Å². The maximum absolute atomic E-state index is 13.8. The number of carboxylic acid groups (broad SMARTS) is 1. The molecule has 0 radical (unpaired) electrons. The maximum atomic E-state index is 13.8. The van der Waals surface area contributed by atoms with E-state index in [0.717, 1.165) is 16.7 Å². The van der Waals surface area contributed by atoms with Crippen molar-refractivity contribution in [1.29, 1.82) is 5.26 Å². The fourth-order valence-corrected chi connectivity index (χ4v) is 5.40. The molecule has 0 aromatic heterocycles. The number of hydrogen-bond donors (Lipinski definition) is 1. The normalized spacial score (nSPS) is 14.9. The van der Waals surface area contributed by atoms with Crippen LogP contribution in [-0.2, 0) is 11.3 Å². The van der Waals surface area contributed by atoms with Crippen molar-refractivity contribution in [2.75, 3.05) is 18.0 Å². The van der Waals surface area contributed by atoms with Crippen molar-refractivity contribution in [2.24, 2.45) is 5.92 Å². The molecule has 4 aromatic rings. The van der Waals surface area contributed by atoms with Crippen molar-refractivity contribution in [3.63, 3.8) is 0 Å². The molecule has 2 heterocycles. The number of fused-ring (bicyclic) bond motifs is 1. The Balaban J connectivity index is 1.38. The molecule has 2 aliphatic heterocycles. The number of ether oxygens (including phenoxy) is 1. The number of carbonyl (C=O) groups is 3. The molecule has 8 nitrogen and oxygen atoms in total. The van der Waals surface area contributed by atoms with Crippen LogP contribution in [0.5, 0.6) is 11.5 Å². The molecule has 1 saturated heterocycles. The van der Waals surface area contributed by atoms with E-state index in [9.17, 15) is 24.8 Å². The van der Waals surface area contributed by atoms with E-state index in [-0.39, 0.29) is 11.1 Å². The van der Waals surface area contributed by atoms with E-state index in [1.54, 1.807) is 42.5 Å². The lowest BCUT2D eigenvalue weighted by Gasteiger charge is -2.36.